The zero-order chi connectivity index (χ0) is 17.8. The molecule has 0 aliphatic carbocycles. The number of fused-ring (bicyclic) bond motifs is 1. The highest BCUT2D eigenvalue weighted by atomic mass is 35.5. The topological polar surface area (TPSA) is 81.4 Å². The van der Waals surface area contributed by atoms with Crippen LogP contribution >= 0.6 is 11.6 Å². The summed E-state index contributed by atoms with van der Waals surface area (Å²) in [5.74, 6) is 7.13. The summed E-state index contributed by atoms with van der Waals surface area (Å²) in [5.41, 5.74) is 7.88. The fraction of sp³-hybridized carbons (Fsp3) is 0.294. The van der Waals surface area contributed by atoms with Crippen LogP contribution in [0, 0.1) is 11.8 Å². The maximum absolute atomic E-state index is 12.8. The van der Waals surface area contributed by atoms with Crippen LogP contribution in [-0.2, 0) is 13.0 Å². The lowest BCUT2D eigenvalue weighted by Gasteiger charge is -2.07. The van der Waals surface area contributed by atoms with Gasteiger partial charge in [-0.25, -0.2) is 8.91 Å². The average Bonchev–Trinajstić information content (AvgIpc) is 3.22. The largest absolute Gasteiger partial charge is 0.467 e. The van der Waals surface area contributed by atoms with Crippen molar-refractivity contribution in [3.05, 3.63) is 46.8 Å². The standard InChI is InChI=1S/C17H17ClFN5O/c1-2-4-14-11(7-12(20)9-19)8-15-16(22-17(18)23-24(14)15)21-10-13-5-3-6-25-13/h3,5-6,8,12H,7,9-10,20H2,1H3,(H,21,22,23)/t12-/m1/s1. The van der Waals surface area contributed by atoms with E-state index in [-0.39, 0.29) is 5.28 Å². The van der Waals surface area contributed by atoms with Crippen LogP contribution in [0.15, 0.2) is 28.9 Å². The van der Waals surface area contributed by atoms with Gasteiger partial charge >= 0.3 is 0 Å². The normalized spacial score (nSPS) is 12.0. The molecule has 0 bridgehead atoms. The molecule has 25 heavy (non-hydrogen) atoms. The number of halogens is 2. The highest BCUT2D eigenvalue weighted by Crippen LogP contribution is 2.24. The van der Waals surface area contributed by atoms with Gasteiger partial charge in [0.2, 0.25) is 5.28 Å². The van der Waals surface area contributed by atoms with Crippen LogP contribution in [0.5, 0.6) is 0 Å². The molecule has 3 rings (SSSR count). The summed E-state index contributed by atoms with van der Waals surface area (Å²) in [6, 6.07) is 4.92. The van der Waals surface area contributed by atoms with E-state index in [1.807, 2.05) is 18.2 Å². The summed E-state index contributed by atoms with van der Waals surface area (Å²) in [6.07, 6.45) is 1.95. The molecular weight excluding hydrogens is 345 g/mol. The van der Waals surface area contributed by atoms with E-state index in [1.165, 1.54) is 0 Å². The number of nitrogens with one attached hydrogen (secondary N) is 1. The van der Waals surface area contributed by atoms with Crippen LogP contribution < -0.4 is 11.1 Å². The second-order valence-electron chi connectivity index (χ2n) is 5.47. The van der Waals surface area contributed by atoms with Crippen LogP contribution in [0.4, 0.5) is 10.2 Å². The Hall–Kier alpha value is -2.56. The van der Waals surface area contributed by atoms with Crippen LogP contribution in [0.2, 0.25) is 5.28 Å². The van der Waals surface area contributed by atoms with Crippen molar-refractivity contribution in [3.63, 3.8) is 0 Å². The number of furan rings is 1. The van der Waals surface area contributed by atoms with E-state index in [2.05, 4.69) is 27.2 Å². The number of nitrogens with zero attached hydrogens (tertiary/aromatic N) is 3. The van der Waals surface area contributed by atoms with Crippen LogP contribution in [-0.4, -0.2) is 27.3 Å². The zero-order valence-corrected chi connectivity index (χ0v) is 14.3. The first-order valence-corrected chi connectivity index (χ1v) is 8.09. The van der Waals surface area contributed by atoms with Gasteiger partial charge in [-0.3, -0.25) is 0 Å². The van der Waals surface area contributed by atoms with Gasteiger partial charge < -0.3 is 15.5 Å². The molecule has 3 aromatic heterocycles. The Morgan fingerprint density at radius 2 is 2.36 bits per heavy atom. The molecule has 0 aliphatic heterocycles. The minimum atomic E-state index is -0.610. The summed E-state index contributed by atoms with van der Waals surface area (Å²) < 4.78 is 19.7. The van der Waals surface area contributed by atoms with Crippen molar-refractivity contribution in [1.29, 1.82) is 0 Å². The molecule has 0 aromatic carbocycles. The van der Waals surface area contributed by atoms with Gasteiger partial charge in [0.05, 0.1) is 12.8 Å². The van der Waals surface area contributed by atoms with Gasteiger partial charge in [-0.05, 0) is 54.6 Å². The van der Waals surface area contributed by atoms with Crippen molar-refractivity contribution in [2.45, 2.75) is 25.9 Å². The SMILES string of the molecule is CC#Cc1c(C[C@@H](N)CF)cc2c(NCc3ccco3)nc(Cl)nn12. The molecule has 130 valence electrons. The van der Waals surface area contributed by atoms with E-state index in [9.17, 15) is 4.39 Å². The molecular formula is C17H17ClFN5O. The van der Waals surface area contributed by atoms with Crippen molar-refractivity contribution < 1.29 is 8.81 Å². The molecule has 1 atom stereocenters. The first kappa shape index (κ1) is 17.3. The summed E-state index contributed by atoms with van der Waals surface area (Å²) in [6.45, 7) is 1.55. The third-order valence-electron chi connectivity index (χ3n) is 3.62. The minimum Gasteiger partial charge on any atom is -0.467 e. The van der Waals surface area contributed by atoms with E-state index in [4.69, 9.17) is 21.8 Å². The fourth-order valence-electron chi connectivity index (χ4n) is 2.54. The Bertz CT molecular complexity index is 926. The number of nitrogens with two attached hydrogens (primary N) is 1. The molecule has 3 N–H and O–H groups in total. The Morgan fingerprint density at radius 1 is 1.52 bits per heavy atom. The van der Waals surface area contributed by atoms with E-state index >= 15 is 0 Å². The average molecular weight is 362 g/mol. The molecule has 0 fully saturated rings. The fourth-order valence-corrected chi connectivity index (χ4v) is 2.70. The number of alkyl halides is 1. The van der Waals surface area contributed by atoms with Crippen LogP contribution in [0.1, 0.15) is 23.9 Å². The predicted octanol–water partition coefficient (Wildman–Crippen LogP) is 2.80. The molecule has 0 saturated carbocycles. The third-order valence-corrected chi connectivity index (χ3v) is 3.78. The van der Waals surface area contributed by atoms with Crippen LogP contribution in [0.3, 0.4) is 0 Å². The lowest BCUT2D eigenvalue weighted by molar-refractivity contribution is 0.427. The Morgan fingerprint density at radius 3 is 3.04 bits per heavy atom. The van der Waals surface area contributed by atoms with Crippen molar-refractivity contribution in [3.8, 4) is 11.8 Å². The molecule has 0 radical (unpaired) electrons. The lowest BCUT2D eigenvalue weighted by atomic mass is 10.1. The van der Waals surface area contributed by atoms with Gasteiger partial charge in [0.15, 0.2) is 5.82 Å². The summed E-state index contributed by atoms with van der Waals surface area (Å²) >= 11 is 6.06. The molecule has 8 heteroatoms. The van der Waals surface area contributed by atoms with Gasteiger partial charge in [0.25, 0.3) is 0 Å². The monoisotopic (exact) mass is 361 g/mol. The molecule has 0 amide bonds. The number of hydrogen-bond donors (Lipinski definition) is 2. The zero-order valence-electron chi connectivity index (χ0n) is 13.6. The molecule has 6 nitrogen and oxygen atoms in total. The van der Waals surface area contributed by atoms with E-state index < -0.39 is 12.7 Å². The predicted molar refractivity (Wildman–Crippen MR) is 94.2 cm³/mol. The Labute approximate surface area is 149 Å². The molecule has 0 spiro atoms. The maximum atomic E-state index is 12.8. The third kappa shape index (κ3) is 3.76. The lowest BCUT2D eigenvalue weighted by Crippen LogP contribution is -2.25. The first-order valence-electron chi connectivity index (χ1n) is 7.71. The van der Waals surface area contributed by atoms with E-state index in [0.29, 0.717) is 30.0 Å². The number of anilines is 1. The second kappa shape index (κ2) is 7.55. The van der Waals surface area contributed by atoms with Gasteiger partial charge in [0, 0.05) is 6.04 Å². The van der Waals surface area contributed by atoms with Gasteiger partial charge in [-0.15, -0.1) is 5.10 Å². The Balaban J connectivity index is 2.04. The Kier molecular flexibility index (Phi) is 5.22. The van der Waals surface area contributed by atoms with Crippen molar-refractivity contribution in [2.24, 2.45) is 5.73 Å². The number of hydrogen-bond acceptors (Lipinski definition) is 5. The van der Waals surface area contributed by atoms with Gasteiger partial charge in [-0.1, -0.05) is 5.92 Å². The summed E-state index contributed by atoms with van der Waals surface area (Å²) in [4.78, 5) is 4.24. The molecule has 3 heterocycles. The molecule has 0 unspecified atom stereocenters. The summed E-state index contributed by atoms with van der Waals surface area (Å²) in [7, 11) is 0. The van der Waals surface area contributed by atoms with Gasteiger partial charge in [-0.2, -0.15) is 4.98 Å². The molecule has 3 aromatic rings. The van der Waals surface area contributed by atoms with E-state index in [0.717, 1.165) is 11.3 Å². The van der Waals surface area contributed by atoms with Gasteiger partial charge in [0.1, 0.15) is 23.6 Å². The highest BCUT2D eigenvalue weighted by molar-refractivity contribution is 6.28. The number of aromatic nitrogens is 3. The molecule has 0 aliphatic rings. The molecule has 0 saturated heterocycles. The maximum Gasteiger partial charge on any atom is 0.243 e. The van der Waals surface area contributed by atoms with E-state index in [1.54, 1.807) is 17.7 Å². The second-order valence-corrected chi connectivity index (χ2v) is 5.81. The smallest absolute Gasteiger partial charge is 0.243 e. The van der Waals surface area contributed by atoms with Crippen LogP contribution in [0.25, 0.3) is 5.52 Å². The highest BCUT2D eigenvalue weighted by Gasteiger charge is 2.17. The quantitative estimate of drug-likeness (QED) is 0.660. The van der Waals surface area contributed by atoms with Crippen molar-refractivity contribution in [1.82, 2.24) is 14.6 Å². The number of rotatable bonds is 6. The van der Waals surface area contributed by atoms with Crippen molar-refractivity contribution >= 4 is 22.9 Å². The summed E-state index contributed by atoms with van der Waals surface area (Å²) in [5, 5.41) is 7.48. The van der Waals surface area contributed by atoms with Crippen molar-refractivity contribution in [2.75, 3.05) is 12.0 Å². The first-order chi connectivity index (χ1) is 12.1. The minimum absolute atomic E-state index is 0.0746.